The quantitative estimate of drug-likeness (QED) is 0.532. The van der Waals surface area contributed by atoms with Crippen molar-refractivity contribution in [2.24, 2.45) is 0 Å². The van der Waals surface area contributed by atoms with Crippen LogP contribution in [0.3, 0.4) is 0 Å². The van der Waals surface area contributed by atoms with Gasteiger partial charge >= 0.3 is 5.69 Å². The van der Waals surface area contributed by atoms with Gasteiger partial charge in [-0.3, -0.25) is 15.1 Å². The van der Waals surface area contributed by atoms with E-state index in [4.69, 9.17) is 0 Å². The molecule has 0 amide bonds. The highest BCUT2D eigenvalue weighted by molar-refractivity contribution is 7.09. The van der Waals surface area contributed by atoms with Crippen LogP contribution >= 0.6 is 11.3 Å². The van der Waals surface area contributed by atoms with E-state index in [1.807, 2.05) is 23.7 Å². The average molecular weight is 340 g/mol. The Kier molecular flexibility index (Phi) is 3.86. The number of hydrogen-bond acceptors (Lipinski definition) is 6. The van der Waals surface area contributed by atoms with Crippen molar-refractivity contribution in [3.63, 3.8) is 0 Å². The van der Waals surface area contributed by atoms with Crippen LogP contribution in [-0.2, 0) is 0 Å². The minimum absolute atomic E-state index is 0.153. The zero-order chi connectivity index (χ0) is 16.5. The highest BCUT2D eigenvalue weighted by atomic mass is 32.1. The van der Waals surface area contributed by atoms with Crippen molar-refractivity contribution >= 4 is 33.6 Å². The van der Waals surface area contributed by atoms with Crippen molar-refractivity contribution in [1.82, 2.24) is 9.97 Å². The normalized spacial score (nSPS) is 18.0. The van der Waals surface area contributed by atoms with Gasteiger partial charge in [-0.25, -0.2) is 4.98 Å². The van der Waals surface area contributed by atoms with Gasteiger partial charge in [0, 0.05) is 36.8 Å². The third kappa shape index (κ3) is 2.60. The number of nitrogens with zero attached hydrogens (tertiary/aromatic N) is 4. The van der Waals surface area contributed by atoms with Crippen molar-refractivity contribution < 1.29 is 4.92 Å². The van der Waals surface area contributed by atoms with Gasteiger partial charge in [-0.1, -0.05) is 0 Å². The van der Waals surface area contributed by atoms with E-state index < -0.39 is 0 Å². The van der Waals surface area contributed by atoms with Crippen LogP contribution in [0, 0.1) is 10.1 Å². The first kappa shape index (κ1) is 15.0. The molecule has 7 heteroatoms. The van der Waals surface area contributed by atoms with E-state index in [0.29, 0.717) is 22.5 Å². The topological polar surface area (TPSA) is 72.2 Å². The summed E-state index contributed by atoms with van der Waals surface area (Å²) in [6.07, 6.45) is 5.56. The minimum atomic E-state index is -0.285. The maximum Gasteiger partial charge on any atom is 0.301 e. The highest BCUT2D eigenvalue weighted by Gasteiger charge is 2.29. The molecule has 2 aromatic heterocycles. The van der Waals surface area contributed by atoms with Crippen LogP contribution in [0.4, 0.5) is 11.4 Å². The van der Waals surface area contributed by atoms with Gasteiger partial charge in [-0.05, 0) is 37.1 Å². The fourth-order valence-electron chi connectivity index (χ4n) is 3.41. The Morgan fingerprint density at radius 2 is 2.17 bits per heavy atom. The number of anilines is 1. The number of pyridine rings is 1. The SMILES string of the molecule is O=[N+]([O-])c1c(N2CCCC(c3nccs3)C2)ccc2ncccc12. The lowest BCUT2D eigenvalue weighted by Gasteiger charge is -2.33. The van der Waals surface area contributed by atoms with E-state index in [1.54, 1.807) is 29.7 Å². The largest absolute Gasteiger partial charge is 0.365 e. The van der Waals surface area contributed by atoms with E-state index in [2.05, 4.69) is 14.9 Å². The summed E-state index contributed by atoms with van der Waals surface area (Å²) in [7, 11) is 0. The van der Waals surface area contributed by atoms with E-state index in [0.717, 1.165) is 30.9 Å². The van der Waals surface area contributed by atoms with Crippen molar-refractivity contribution in [3.05, 3.63) is 57.2 Å². The predicted octanol–water partition coefficient (Wildman–Crippen LogP) is 3.98. The van der Waals surface area contributed by atoms with Gasteiger partial charge in [-0.15, -0.1) is 11.3 Å². The fraction of sp³-hybridized carbons (Fsp3) is 0.294. The van der Waals surface area contributed by atoms with Gasteiger partial charge in [0.2, 0.25) is 0 Å². The summed E-state index contributed by atoms with van der Waals surface area (Å²) in [6.45, 7) is 1.59. The summed E-state index contributed by atoms with van der Waals surface area (Å²) < 4.78 is 0. The van der Waals surface area contributed by atoms with Gasteiger partial charge < -0.3 is 4.90 Å². The summed E-state index contributed by atoms with van der Waals surface area (Å²) in [5, 5.41) is 15.4. The molecule has 1 fully saturated rings. The van der Waals surface area contributed by atoms with Crippen LogP contribution in [-0.4, -0.2) is 28.0 Å². The summed E-state index contributed by atoms with van der Waals surface area (Å²) >= 11 is 1.66. The Hall–Kier alpha value is -2.54. The zero-order valence-corrected chi connectivity index (χ0v) is 13.8. The molecule has 1 atom stereocenters. The Bertz CT molecular complexity index is 881. The van der Waals surface area contributed by atoms with Crippen molar-refractivity contribution in [2.45, 2.75) is 18.8 Å². The third-order valence-corrected chi connectivity index (χ3v) is 5.42. The molecular formula is C17H16N4O2S. The van der Waals surface area contributed by atoms with Crippen LogP contribution in [0.1, 0.15) is 23.8 Å². The first-order valence-corrected chi connectivity index (χ1v) is 8.78. The highest BCUT2D eigenvalue weighted by Crippen LogP contribution is 2.38. The number of piperidine rings is 1. The lowest BCUT2D eigenvalue weighted by Crippen LogP contribution is -2.34. The Balaban J connectivity index is 1.75. The first-order valence-electron chi connectivity index (χ1n) is 7.90. The van der Waals surface area contributed by atoms with Gasteiger partial charge in [0.1, 0.15) is 5.69 Å². The average Bonchev–Trinajstić information content (AvgIpc) is 3.15. The lowest BCUT2D eigenvalue weighted by molar-refractivity contribution is -0.382. The summed E-state index contributed by atoms with van der Waals surface area (Å²) in [6, 6.07) is 7.21. The standard InChI is InChI=1S/C17H16N4O2S/c22-21(23)16-13-4-1-7-18-14(13)5-6-15(16)20-9-2-3-12(11-20)17-19-8-10-24-17/h1,4-8,10,12H,2-3,9,11H2. The number of thiazole rings is 1. The summed E-state index contributed by atoms with van der Waals surface area (Å²) in [5.41, 5.74) is 1.49. The summed E-state index contributed by atoms with van der Waals surface area (Å²) in [4.78, 5) is 22.2. The number of hydrogen-bond donors (Lipinski definition) is 0. The molecule has 3 heterocycles. The molecule has 1 aliphatic rings. The maximum atomic E-state index is 11.7. The Morgan fingerprint density at radius 3 is 2.96 bits per heavy atom. The number of rotatable bonds is 3. The van der Waals surface area contributed by atoms with Crippen molar-refractivity contribution in [2.75, 3.05) is 18.0 Å². The number of benzene rings is 1. The molecule has 6 nitrogen and oxygen atoms in total. The molecule has 0 radical (unpaired) electrons. The second-order valence-corrected chi connectivity index (χ2v) is 6.84. The number of fused-ring (bicyclic) bond motifs is 1. The molecule has 24 heavy (non-hydrogen) atoms. The van der Waals surface area contributed by atoms with Gasteiger partial charge in [0.15, 0.2) is 0 Å². The Morgan fingerprint density at radius 1 is 1.25 bits per heavy atom. The van der Waals surface area contributed by atoms with Crippen molar-refractivity contribution in [1.29, 1.82) is 0 Å². The molecule has 0 aliphatic carbocycles. The number of aromatic nitrogens is 2. The van der Waals surface area contributed by atoms with Gasteiger partial charge in [-0.2, -0.15) is 0 Å². The second-order valence-electron chi connectivity index (χ2n) is 5.92. The third-order valence-electron chi connectivity index (χ3n) is 4.48. The smallest absolute Gasteiger partial charge is 0.301 e. The van der Waals surface area contributed by atoms with Gasteiger partial charge in [0.25, 0.3) is 0 Å². The molecule has 0 bridgehead atoms. The number of nitro benzene ring substituents is 1. The van der Waals surface area contributed by atoms with Crippen LogP contribution in [0.25, 0.3) is 10.9 Å². The van der Waals surface area contributed by atoms with Gasteiger partial charge in [0.05, 0.1) is 20.8 Å². The van der Waals surface area contributed by atoms with E-state index in [-0.39, 0.29) is 10.6 Å². The second kappa shape index (κ2) is 6.16. The molecule has 1 aromatic carbocycles. The molecule has 1 unspecified atom stereocenters. The van der Waals surface area contributed by atoms with E-state index in [1.165, 1.54) is 0 Å². The lowest BCUT2D eigenvalue weighted by atomic mass is 9.97. The molecule has 0 spiro atoms. The summed E-state index contributed by atoms with van der Waals surface area (Å²) in [5.74, 6) is 0.336. The molecule has 3 aromatic rings. The van der Waals surface area contributed by atoms with Crippen LogP contribution in [0.5, 0.6) is 0 Å². The maximum absolute atomic E-state index is 11.7. The van der Waals surface area contributed by atoms with E-state index in [9.17, 15) is 10.1 Å². The fourth-order valence-corrected chi connectivity index (χ4v) is 4.17. The molecule has 1 aliphatic heterocycles. The molecular weight excluding hydrogens is 324 g/mol. The monoisotopic (exact) mass is 340 g/mol. The van der Waals surface area contributed by atoms with Crippen LogP contribution in [0.2, 0.25) is 0 Å². The zero-order valence-electron chi connectivity index (χ0n) is 13.0. The molecule has 0 saturated carbocycles. The van der Waals surface area contributed by atoms with Crippen LogP contribution < -0.4 is 4.90 Å². The van der Waals surface area contributed by atoms with E-state index >= 15 is 0 Å². The Labute approximate surface area is 142 Å². The number of nitro groups is 1. The predicted molar refractivity (Wildman–Crippen MR) is 94.7 cm³/mol. The molecule has 4 rings (SSSR count). The van der Waals surface area contributed by atoms with Crippen LogP contribution in [0.15, 0.2) is 42.0 Å². The minimum Gasteiger partial charge on any atom is -0.365 e. The first-order chi connectivity index (χ1) is 11.7. The molecule has 1 saturated heterocycles. The molecule has 0 N–H and O–H groups in total. The molecule has 122 valence electrons. The van der Waals surface area contributed by atoms with Crippen molar-refractivity contribution in [3.8, 4) is 0 Å².